The fraction of sp³-hybridized carbons (Fsp3) is 0.438. The largest absolute Gasteiger partial charge is 0.316 e. The predicted molar refractivity (Wildman–Crippen MR) is 79.9 cm³/mol. The van der Waals surface area contributed by atoms with Crippen molar-refractivity contribution in [1.29, 1.82) is 0 Å². The summed E-state index contributed by atoms with van der Waals surface area (Å²) in [7, 11) is 0. The molecule has 0 saturated carbocycles. The van der Waals surface area contributed by atoms with Crippen molar-refractivity contribution in [2.24, 2.45) is 0 Å². The van der Waals surface area contributed by atoms with Gasteiger partial charge in [0.1, 0.15) is 5.82 Å². The topological polar surface area (TPSA) is 29.9 Å². The molecule has 1 heterocycles. The van der Waals surface area contributed by atoms with Crippen molar-refractivity contribution in [2.75, 3.05) is 13.1 Å². The van der Waals surface area contributed by atoms with E-state index in [1.54, 1.807) is 6.07 Å². The van der Waals surface area contributed by atoms with E-state index in [0.717, 1.165) is 43.0 Å². The van der Waals surface area contributed by atoms with Gasteiger partial charge in [0.25, 0.3) is 0 Å². The second kappa shape index (κ2) is 6.66. The molecular formula is C16H22FN3. The Morgan fingerprint density at radius 3 is 2.75 bits per heavy atom. The number of halogens is 1. The molecule has 4 heteroatoms. The Kier molecular flexibility index (Phi) is 4.90. The Bertz CT molecular complexity index is 575. The summed E-state index contributed by atoms with van der Waals surface area (Å²) in [4.78, 5) is 0. The first-order chi connectivity index (χ1) is 9.63. The molecule has 0 radical (unpaired) electrons. The maximum atomic E-state index is 13.3. The number of benzene rings is 1. The molecule has 0 spiro atoms. The molecule has 3 nitrogen and oxygen atoms in total. The average Bonchev–Trinajstić information content (AvgIpc) is 2.71. The van der Waals surface area contributed by atoms with Gasteiger partial charge in [-0.1, -0.05) is 13.0 Å². The molecule has 0 aliphatic heterocycles. The van der Waals surface area contributed by atoms with Gasteiger partial charge in [-0.2, -0.15) is 5.10 Å². The van der Waals surface area contributed by atoms with Crippen molar-refractivity contribution in [3.63, 3.8) is 0 Å². The fourth-order valence-corrected chi connectivity index (χ4v) is 2.41. The number of aryl methyl sites for hydroxylation is 1. The normalized spacial score (nSPS) is 11.0. The molecule has 1 aromatic carbocycles. The summed E-state index contributed by atoms with van der Waals surface area (Å²) in [6.45, 7) is 8.20. The summed E-state index contributed by atoms with van der Waals surface area (Å²) in [5.74, 6) is -0.235. The van der Waals surface area contributed by atoms with E-state index in [2.05, 4.69) is 17.3 Å². The third kappa shape index (κ3) is 3.25. The van der Waals surface area contributed by atoms with Crippen LogP contribution in [-0.2, 0) is 6.42 Å². The van der Waals surface area contributed by atoms with Crippen LogP contribution < -0.4 is 5.32 Å². The van der Waals surface area contributed by atoms with Gasteiger partial charge in [0, 0.05) is 5.69 Å². The van der Waals surface area contributed by atoms with Gasteiger partial charge >= 0.3 is 0 Å². The van der Waals surface area contributed by atoms with Crippen molar-refractivity contribution in [3.05, 3.63) is 47.0 Å². The van der Waals surface area contributed by atoms with Crippen LogP contribution in [0.15, 0.2) is 24.3 Å². The lowest BCUT2D eigenvalue weighted by Gasteiger charge is -2.06. The van der Waals surface area contributed by atoms with Crippen LogP contribution in [0.4, 0.5) is 4.39 Å². The standard InChI is InChI=1S/C16H22FN3/c1-4-9-18-10-8-16-12(2)19-20(13(16)3)15-7-5-6-14(17)11-15/h5-7,11,18H,4,8-10H2,1-3H3. The van der Waals surface area contributed by atoms with Crippen LogP contribution >= 0.6 is 0 Å². The van der Waals surface area contributed by atoms with Crippen LogP contribution in [0, 0.1) is 19.7 Å². The molecule has 0 saturated heterocycles. The molecule has 0 aliphatic carbocycles. The van der Waals surface area contributed by atoms with Crippen LogP contribution in [0.2, 0.25) is 0 Å². The van der Waals surface area contributed by atoms with E-state index in [-0.39, 0.29) is 5.82 Å². The fourth-order valence-electron chi connectivity index (χ4n) is 2.41. The van der Waals surface area contributed by atoms with Crippen LogP contribution in [-0.4, -0.2) is 22.9 Å². The first kappa shape index (κ1) is 14.7. The van der Waals surface area contributed by atoms with E-state index < -0.39 is 0 Å². The van der Waals surface area contributed by atoms with E-state index in [0.29, 0.717) is 0 Å². The second-order valence-electron chi connectivity index (χ2n) is 5.04. The van der Waals surface area contributed by atoms with Gasteiger partial charge in [-0.15, -0.1) is 0 Å². The summed E-state index contributed by atoms with van der Waals surface area (Å²) in [5, 5.41) is 7.94. The van der Waals surface area contributed by atoms with Gasteiger partial charge in [0.2, 0.25) is 0 Å². The molecule has 108 valence electrons. The van der Waals surface area contributed by atoms with E-state index in [1.165, 1.54) is 17.7 Å². The highest BCUT2D eigenvalue weighted by Crippen LogP contribution is 2.18. The van der Waals surface area contributed by atoms with Gasteiger partial charge < -0.3 is 5.32 Å². The smallest absolute Gasteiger partial charge is 0.125 e. The van der Waals surface area contributed by atoms with Crippen LogP contribution in [0.5, 0.6) is 0 Å². The molecule has 2 aromatic rings. The average molecular weight is 275 g/mol. The lowest BCUT2D eigenvalue weighted by molar-refractivity contribution is 0.625. The van der Waals surface area contributed by atoms with E-state index in [9.17, 15) is 4.39 Å². The molecule has 0 fully saturated rings. The molecule has 0 amide bonds. The molecule has 1 aromatic heterocycles. The summed E-state index contributed by atoms with van der Waals surface area (Å²) in [6, 6.07) is 6.55. The second-order valence-corrected chi connectivity index (χ2v) is 5.04. The minimum atomic E-state index is -0.235. The van der Waals surface area contributed by atoms with Gasteiger partial charge in [0.05, 0.1) is 11.4 Å². The number of nitrogens with zero attached hydrogens (tertiary/aromatic N) is 2. The predicted octanol–water partition coefficient (Wildman–Crippen LogP) is 3.17. The lowest BCUT2D eigenvalue weighted by atomic mass is 10.1. The Balaban J connectivity index is 2.20. The van der Waals surface area contributed by atoms with E-state index in [1.807, 2.05) is 24.6 Å². The monoisotopic (exact) mass is 275 g/mol. The highest BCUT2D eigenvalue weighted by Gasteiger charge is 2.12. The third-order valence-electron chi connectivity index (χ3n) is 3.47. The molecule has 2 rings (SSSR count). The molecule has 0 aliphatic rings. The maximum absolute atomic E-state index is 13.3. The number of hydrogen-bond acceptors (Lipinski definition) is 2. The van der Waals surface area contributed by atoms with Gasteiger partial charge in [0.15, 0.2) is 0 Å². The number of hydrogen-bond donors (Lipinski definition) is 1. The number of rotatable bonds is 6. The highest BCUT2D eigenvalue weighted by atomic mass is 19.1. The van der Waals surface area contributed by atoms with Crippen LogP contribution in [0.1, 0.15) is 30.3 Å². The van der Waals surface area contributed by atoms with E-state index in [4.69, 9.17) is 0 Å². The van der Waals surface area contributed by atoms with Crippen molar-refractivity contribution >= 4 is 0 Å². The van der Waals surface area contributed by atoms with E-state index >= 15 is 0 Å². The first-order valence-electron chi connectivity index (χ1n) is 7.15. The lowest BCUT2D eigenvalue weighted by Crippen LogP contribution is -2.18. The minimum Gasteiger partial charge on any atom is -0.316 e. The number of aromatic nitrogens is 2. The Hall–Kier alpha value is -1.68. The van der Waals surface area contributed by atoms with Crippen molar-refractivity contribution < 1.29 is 4.39 Å². The van der Waals surface area contributed by atoms with Crippen molar-refractivity contribution in [2.45, 2.75) is 33.6 Å². The SMILES string of the molecule is CCCNCCc1c(C)nn(-c2cccc(F)c2)c1C. The maximum Gasteiger partial charge on any atom is 0.125 e. The molecular weight excluding hydrogens is 253 g/mol. The van der Waals surface area contributed by atoms with Gasteiger partial charge in [-0.3, -0.25) is 0 Å². The Morgan fingerprint density at radius 1 is 1.25 bits per heavy atom. The molecule has 1 N–H and O–H groups in total. The quantitative estimate of drug-likeness (QED) is 0.821. The molecule has 0 atom stereocenters. The van der Waals surface area contributed by atoms with Crippen LogP contribution in [0.3, 0.4) is 0 Å². The van der Waals surface area contributed by atoms with Crippen LogP contribution in [0.25, 0.3) is 5.69 Å². The summed E-state index contributed by atoms with van der Waals surface area (Å²) in [6.07, 6.45) is 2.09. The minimum absolute atomic E-state index is 0.235. The zero-order valence-corrected chi connectivity index (χ0v) is 12.4. The molecule has 20 heavy (non-hydrogen) atoms. The van der Waals surface area contributed by atoms with Crippen molar-refractivity contribution in [3.8, 4) is 5.69 Å². The number of nitrogens with one attached hydrogen (secondary N) is 1. The Labute approximate surface area is 119 Å². The summed E-state index contributed by atoms with van der Waals surface area (Å²) in [5.41, 5.74) is 4.13. The first-order valence-corrected chi connectivity index (χ1v) is 7.15. The third-order valence-corrected chi connectivity index (χ3v) is 3.47. The zero-order valence-electron chi connectivity index (χ0n) is 12.4. The van der Waals surface area contributed by atoms with Gasteiger partial charge in [-0.05, 0) is 63.5 Å². The molecule has 0 unspecified atom stereocenters. The Morgan fingerprint density at radius 2 is 2.05 bits per heavy atom. The summed E-state index contributed by atoms with van der Waals surface area (Å²) >= 11 is 0. The molecule has 0 bridgehead atoms. The highest BCUT2D eigenvalue weighted by molar-refractivity contribution is 5.37. The zero-order chi connectivity index (χ0) is 14.5. The summed E-state index contributed by atoms with van der Waals surface area (Å²) < 4.78 is 15.2. The van der Waals surface area contributed by atoms with Gasteiger partial charge in [-0.25, -0.2) is 9.07 Å². The van der Waals surface area contributed by atoms with Crippen molar-refractivity contribution in [1.82, 2.24) is 15.1 Å².